The number of para-hydroxylation sites is 8. The first-order chi connectivity index (χ1) is 34.8. The van der Waals surface area contributed by atoms with Gasteiger partial charge in [-0.3, -0.25) is 4.57 Å². The Balaban J connectivity index is 1.09. The Kier molecular flexibility index (Phi) is 8.29. The fourth-order valence-electron chi connectivity index (χ4n) is 11.7. The van der Waals surface area contributed by atoms with Crippen LogP contribution in [0.5, 0.6) is 0 Å². The molecule has 10 aromatic carbocycles. The third-order valence-corrected chi connectivity index (χ3v) is 14.6. The van der Waals surface area contributed by atoms with E-state index < -0.39 is 0 Å². The van der Waals surface area contributed by atoms with E-state index in [4.69, 9.17) is 4.98 Å². The van der Waals surface area contributed by atoms with E-state index in [2.05, 4.69) is 267 Å². The van der Waals surface area contributed by atoms with Crippen molar-refractivity contribution in [3.05, 3.63) is 249 Å². The molecule has 0 aliphatic rings. The second-order valence-electron chi connectivity index (χ2n) is 18.3. The molecule has 5 heteroatoms. The predicted molar refractivity (Wildman–Crippen MR) is 292 cm³/mol. The predicted octanol–water partition coefficient (Wildman–Crippen LogP) is 16.8. The Labute approximate surface area is 402 Å². The van der Waals surface area contributed by atoms with Crippen molar-refractivity contribution in [1.82, 2.24) is 23.3 Å². The molecule has 0 radical (unpaired) electrons. The van der Waals surface area contributed by atoms with Crippen LogP contribution in [0.1, 0.15) is 0 Å². The quantitative estimate of drug-likeness (QED) is 0.164. The number of fused-ring (bicyclic) bond motifs is 12. The highest BCUT2D eigenvalue weighted by Gasteiger charge is 2.24. The Bertz CT molecular complexity index is 4270. The summed E-state index contributed by atoms with van der Waals surface area (Å²) in [5, 5.41) is 9.70. The molecule has 0 unspecified atom stereocenters. The van der Waals surface area contributed by atoms with Crippen LogP contribution in [0.3, 0.4) is 0 Å². The van der Waals surface area contributed by atoms with Crippen LogP contribution in [0, 0.1) is 0 Å². The molecule has 15 rings (SSSR count). The summed E-state index contributed by atoms with van der Waals surface area (Å²) in [5.74, 6) is 0.841. The molecule has 15 aromatic rings. The summed E-state index contributed by atoms with van der Waals surface area (Å²) >= 11 is 0. The fraction of sp³-hybridized carbons (Fsp3) is 0. The molecular formula is C65H41N5. The smallest absolute Gasteiger partial charge is 0.140 e. The molecule has 0 saturated carbocycles. The molecule has 5 nitrogen and oxygen atoms in total. The van der Waals surface area contributed by atoms with Gasteiger partial charge in [-0.05, 0) is 83.9 Å². The largest absolute Gasteiger partial charge is 0.309 e. The Morgan fingerprint density at radius 2 is 0.614 bits per heavy atom. The number of benzene rings is 10. The molecule has 326 valence electrons. The van der Waals surface area contributed by atoms with Crippen molar-refractivity contribution in [2.45, 2.75) is 0 Å². The number of rotatable bonds is 6. The van der Waals surface area contributed by atoms with E-state index in [9.17, 15) is 0 Å². The van der Waals surface area contributed by atoms with Crippen molar-refractivity contribution in [2.24, 2.45) is 0 Å². The van der Waals surface area contributed by atoms with E-state index in [-0.39, 0.29) is 0 Å². The Hall–Kier alpha value is -9.45. The van der Waals surface area contributed by atoms with E-state index in [1.165, 1.54) is 54.1 Å². The zero-order chi connectivity index (χ0) is 45.9. The van der Waals surface area contributed by atoms with Crippen molar-refractivity contribution >= 4 is 87.2 Å². The van der Waals surface area contributed by atoms with Gasteiger partial charge in [0.2, 0.25) is 0 Å². The van der Waals surface area contributed by atoms with Crippen molar-refractivity contribution in [2.75, 3.05) is 0 Å². The molecule has 5 aromatic heterocycles. The lowest BCUT2D eigenvalue weighted by atomic mass is 9.94. The lowest BCUT2D eigenvalue weighted by molar-refractivity contribution is 1.06. The van der Waals surface area contributed by atoms with Crippen LogP contribution < -0.4 is 0 Å². The van der Waals surface area contributed by atoms with Crippen LogP contribution >= 0.6 is 0 Å². The number of pyridine rings is 1. The molecule has 0 aliphatic heterocycles. The van der Waals surface area contributed by atoms with Crippen LogP contribution in [-0.2, 0) is 0 Å². The summed E-state index contributed by atoms with van der Waals surface area (Å²) in [5.41, 5.74) is 16.4. The van der Waals surface area contributed by atoms with Crippen LogP contribution in [0.2, 0.25) is 0 Å². The highest BCUT2D eigenvalue weighted by molar-refractivity contribution is 6.13. The maximum atomic E-state index is 5.92. The first kappa shape index (κ1) is 38.6. The van der Waals surface area contributed by atoms with Gasteiger partial charge in [0.15, 0.2) is 0 Å². The van der Waals surface area contributed by atoms with Crippen molar-refractivity contribution in [1.29, 1.82) is 0 Å². The summed E-state index contributed by atoms with van der Waals surface area (Å²) < 4.78 is 9.65. The molecule has 5 heterocycles. The molecule has 70 heavy (non-hydrogen) atoms. The normalized spacial score (nSPS) is 12.0. The maximum Gasteiger partial charge on any atom is 0.140 e. The third kappa shape index (κ3) is 5.57. The van der Waals surface area contributed by atoms with E-state index in [1.807, 2.05) is 0 Å². The minimum atomic E-state index is 0.841. The topological polar surface area (TPSA) is 32.6 Å². The van der Waals surface area contributed by atoms with Gasteiger partial charge in [-0.15, -0.1) is 0 Å². The molecule has 0 spiro atoms. The third-order valence-electron chi connectivity index (χ3n) is 14.6. The number of hydrogen-bond donors (Lipinski definition) is 0. The highest BCUT2D eigenvalue weighted by Crippen LogP contribution is 2.44. The van der Waals surface area contributed by atoms with Gasteiger partial charge in [0.1, 0.15) is 5.82 Å². The Morgan fingerprint density at radius 3 is 1.04 bits per heavy atom. The van der Waals surface area contributed by atoms with Gasteiger partial charge in [0.05, 0.1) is 61.2 Å². The minimum Gasteiger partial charge on any atom is -0.309 e. The molecule has 0 fully saturated rings. The second-order valence-corrected chi connectivity index (χ2v) is 18.3. The zero-order valence-corrected chi connectivity index (χ0v) is 37.9. The van der Waals surface area contributed by atoms with Gasteiger partial charge in [-0.1, -0.05) is 170 Å². The van der Waals surface area contributed by atoms with E-state index >= 15 is 0 Å². The maximum absolute atomic E-state index is 5.92. The molecule has 0 amide bonds. The summed E-state index contributed by atoms with van der Waals surface area (Å²) in [7, 11) is 0. The van der Waals surface area contributed by atoms with Crippen LogP contribution in [0.15, 0.2) is 249 Å². The van der Waals surface area contributed by atoms with Gasteiger partial charge in [0, 0.05) is 60.4 Å². The summed E-state index contributed by atoms with van der Waals surface area (Å²) in [6.45, 7) is 0. The fourth-order valence-corrected chi connectivity index (χ4v) is 11.7. The molecular weight excluding hydrogens is 851 g/mol. The SMILES string of the molecule is c1cc(-c2cccc(-n3c4ccccc4c4ccccc43)c2-c2cc(-n3c4ccccc4c4ccccc43)cc(-n3c4ccccc4c4ccccc43)n2)cc(-n2c3ccccc3c3ccccc32)c1. The van der Waals surface area contributed by atoms with Crippen molar-refractivity contribution in [3.8, 4) is 45.3 Å². The lowest BCUT2D eigenvalue weighted by Gasteiger charge is -2.21. The van der Waals surface area contributed by atoms with Gasteiger partial charge < -0.3 is 13.7 Å². The standard InChI is InChI=1S/C65H41N5/c1-9-30-55-46(21-1)47-22-2-10-31-56(47)67(55)43-20-17-19-42(39-43)45-29-18-38-63(69-59-34-13-5-25-50(59)51-26-6-14-35-60(51)69)65(45)54-40-44(68-57-32-11-3-23-48(57)49-24-4-12-33-58(49)68)41-64(66-54)70-61-36-15-7-27-52(61)53-28-8-16-37-62(53)70/h1-41H. The van der Waals surface area contributed by atoms with Gasteiger partial charge in [-0.2, -0.15) is 0 Å². The van der Waals surface area contributed by atoms with Crippen molar-refractivity contribution < 1.29 is 0 Å². The average Bonchev–Trinajstić information content (AvgIpc) is 4.16. The molecule has 0 bridgehead atoms. The summed E-state index contributed by atoms with van der Waals surface area (Å²) in [6.07, 6.45) is 0. The Morgan fingerprint density at radius 1 is 0.257 bits per heavy atom. The van der Waals surface area contributed by atoms with E-state index in [0.717, 1.165) is 78.4 Å². The number of aromatic nitrogens is 5. The van der Waals surface area contributed by atoms with Crippen LogP contribution in [0.4, 0.5) is 0 Å². The molecule has 0 saturated heterocycles. The molecule has 0 N–H and O–H groups in total. The monoisotopic (exact) mass is 891 g/mol. The first-order valence-corrected chi connectivity index (χ1v) is 24.0. The molecule has 0 aliphatic carbocycles. The second kappa shape index (κ2) is 15.0. The summed E-state index contributed by atoms with van der Waals surface area (Å²) in [4.78, 5) is 5.92. The number of nitrogens with zero attached hydrogens (tertiary/aromatic N) is 5. The molecule has 0 atom stereocenters. The van der Waals surface area contributed by atoms with E-state index in [1.54, 1.807) is 0 Å². The minimum absolute atomic E-state index is 0.841. The van der Waals surface area contributed by atoms with Gasteiger partial charge in [-0.25, -0.2) is 4.98 Å². The number of hydrogen-bond acceptors (Lipinski definition) is 1. The van der Waals surface area contributed by atoms with Crippen molar-refractivity contribution in [3.63, 3.8) is 0 Å². The summed E-state index contributed by atoms with van der Waals surface area (Å²) in [6, 6.07) is 90.5. The van der Waals surface area contributed by atoms with Crippen LogP contribution in [-0.4, -0.2) is 23.3 Å². The van der Waals surface area contributed by atoms with E-state index in [0.29, 0.717) is 0 Å². The highest BCUT2D eigenvalue weighted by atomic mass is 15.1. The zero-order valence-electron chi connectivity index (χ0n) is 37.9. The first-order valence-electron chi connectivity index (χ1n) is 24.0. The van der Waals surface area contributed by atoms with Crippen LogP contribution in [0.25, 0.3) is 132 Å². The van der Waals surface area contributed by atoms with Gasteiger partial charge >= 0.3 is 0 Å². The average molecular weight is 892 g/mol. The lowest BCUT2D eigenvalue weighted by Crippen LogP contribution is -2.06. The van der Waals surface area contributed by atoms with Gasteiger partial charge in [0.25, 0.3) is 0 Å².